The van der Waals surface area contributed by atoms with Crippen molar-refractivity contribution in [3.05, 3.63) is 5.82 Å². The van der Waals surface area contributed by atoms with Gasteiger partial charge in [0.1, 0.15) is 5.82 Å². The summed E-state index contributed by atoms with van der Waals surface area (Å²) in [6.07, 6.45) is 2.39. The van der Waals surface area contributed by atoms with Crippen LogP contribution in [0.25, 0.3) is 0 Å². The Bertz CT molecular complexity index is 406. The van der Waals surface area contributed by atoms with Gasteiger partial charge in [-0.1, -0.05) is 0 Å². The Morgan fingerprint density at radius 2 is 2.18 bits per heavy atom. The molecular weight excluding hydrogens is 236 g/mol. The number of nitrogens with one attached hydrogen (secondary N) is 2. The molecule has 1 saturated carbocycles. The third-order valence-electron chi connectivity index (χ3n) is 2.30. The van der Waals surface area contributed by atoms with E-state index in [9.17, 15) is 4.79 Å². The molecule has 1 fully saturated rings. The van der Waals surface area contributed by atoms with Crippen LogP contribution in [0.15, 0.2) is 0 Å². The van der Waals surface area contributed by atoms with Crippen molar-refractivity contribution in [1.82, 2.24) is 14.7 Å². The maximum absolute atomic E-state index is 11.6. The van der Waals surface area contributed by atoms with Gasteiger partial charge in [-0.3, -0.25) is 4.79 Å². The molecule has 0 radical (unpaired) electrons. The van der Waals surface area contributed by atoms with Gasteiger partial charge in [-0.15, -0.1) is 0 Å². The summed E-state index contributed by atoms with van der Waals surface area (Å²) in [6.45, 7) is 6.12. The zero-order valence-corrected chi connectivity index (χ0v) is 11.2. The fraction of sp³-hybridized carbons (Fsp3) is 0.727. The Labute approximate surface area is 105 Å². The molecule has 2 N–H and O–H groups in total. The van der Waals surface area contributed by atoms with E-state index in [2.05, 4.69) is 20.0 Å². The van der Waals surface area contributed by atoms with Gasteiger partial charge >= 0.3 is 0 Å². The number of hydrogen-bond acceptors (Lipinski definition) is 5. The van der Waals surface area contributed by atoms with Gasteiger partial charge in [0.25, 0.3) is 0 Å². The van der Waals surface area contributed by atoms with Crippen LogP contribution in [0.4, 0.5) is 5.13 Å². The summed E-state index contributed by atoms with van der Waals surface area (Å²) >= 11 is 1.33. The molecule has 1 amide bonds. The highest BCUT2D eigenvalue weighted by Gasteiger charge is 2.27. The monoisotopic (exact) mass is 254 g/mol. The minimum Gasteiger partial charge on any atom is -0.351 e. The van der Waals surface area contributed by atoms with Crippen molar-refractivity contribution in [1.29, 1.82) is 0 Å². The standard InChI is InChI=1S/C11H18N4OS/c1-11(2,3)14-8(16)6-12-10-13-9(15-17-10)7-4-5-7/h7H,4-6H2,1-3H3,(H,14,16)(H,12,13,15). The Hall–Kier alpha value is -1.17. The molecule has 0 unspecified atom stereocenters. The lowest BCUT2D eigenvalue weighted by Gasteiger charge is -2.20. The first-order valence-corrected chi connectivity index (χ1v) is 6.60. The first-order valence-electron chi connectivity index (χ1n) is 5.82. The van der Waals surface area contributed by atoms with E-state index in [4.69, 9.17) is 0 Å². The summed E-state index contributed by atoms with van der Waals surface area (Å²) in [6, 6.07) is 0. The summed E-state index contributed by atoms with van der Waals surface area (Å²) in [7, 11) is 0. The number of rotatable bonds is 4. The minimum atomic E-state index is -0.195. The van der Waals surface area contributed by atoms with Crippen LogP contribution in [0.5, 0.6) is 0 Å². The van der Waals surface area contributed by atoms with Gasteiger partial charge in [0.15, 0.2) is 0 Å². The molecule has 1 heterocycles. The predicted molar refractivity (Wildman–Crippen MR) is 68.3 cm³/mol. The van der Waals surface area contributed by atoms with Crippen LogP contribution in [-0.2, 0) is 4.79 Å². The number of hydrogen-bond donors (Lipinski definition) is 2. The molecule has 0 spiro atoms. The van der Waals surface area contributed by atoms with Gasteiger partial charge in [-0.2, -0.15) is 4.37 Å². The molecule has 17 heavy (non-hydrogen) atoms. The molecule has 0 aliphatic heterocycles. The second-order valence-electron chi connectivity index (χ2n) is 5.38. The van der Waals surface area contributed by atoms with Gasteiger partial charge in [0.05, 0.1) is 6.54 Å². The van der Waals surface area contributed by atoms with Gasteiger partial charge in [0, 0.05) is 23.0 Å². The van der Waals surface area contributed by atoms with Crippen molar-refractivity contribution in [3.63, 3.8) is 0 Å². The van der Waals surface area contributed by atoms with E-state index >= 15 is 0 Å². The van der Waals surface area contributed by atoms with Gasteiger partial charge in [-0.05, 0) is 33.6 Å². The van der Waals surface area contributed by atoms with Crippen molar-refractivity contribution >= 4 is 22.6 Å². The summed E-state index contributed by atoms with van der Waals surface area (Å²) in [5.41, 5.74) is -0.195. The van der Waals surface area contributed by atoms with Crippen LogP contribution in [-0.4, -0.2) is 27.3 Å². The molecule has 5 nitrogen and oxygen atoms in total. The molecule has 1 aliphatic carbocycles. The van der Waals surface area contributed by atoms with E-state index in [-0.39, 0.29) is 18.0 Å². The molecule has 0 saturated heterocycles. The van der Waals surface area contributed by atoms with Gasteiger partial charge in [-0.25, -0.2) is 4.98 Å². The first kappa shape index (κ1) is 12.3. The number of amides is 1. The van der Waals surface area contributed by atoms with E-state index in [0.29, 0.717) is 5.92 Å². The Morgan fingerprint density at radius 1 is 1.47 bits per heavy atom. The van der Waals surface area contributed by atoms with E-state index in [0.717, 1.165) is 11.0 Å². The summed E-state index contributed by atoms with van der Waals surface area (Å²) in [5.74, 6) is 1.46. The molecule has 0 bridgehead atoms. The lowest BCUT2D eigenvalue weighted by Crippen LogP contribution is -2.43. The molecular formula is C11H18N4OS. The molecule has 0 atom stereocenters. The maximum atomic E-state index is 11.6. The smallest absolute Gasteiger partial charge is 0.239 e. The average molecular weight is 254 g/mol. The van der Waals surface area contributed by atoms with Crippen molar-refractivity contribution in [2.75, 3.05) is 11.9 Å². The predicted octanol–water partition coefficient (Wildman–Crippen LogP) is 1.74. The van der Waals surface area contributed by atoms with Crippen LogP contribution in [0.2, 0.25) is 0 Å². The van der Waals surface area contributed by atoms with Crippen molar-refractivity contribution in [2.45, 2.75) is 45.1 Å². The topological polar surface area (TPSA) is 66.9 Å². The Kier molecular flexibility index (Phi) is 3.33. The summed E-state index contributed by atoms with van der Waals surface area (Å²) in [5, 5.41) is 6.62. The Morgan fingerprint density at radius 3 is 2.76 bits per heavy atom. The van der Waals surface area contributed by atoms with Crippen molar-refractivity contribution in [3.8, 4) is 0 Å². The number of carbonyl (C=O) groups is 1. The zero-order valence-electron chi connectivity index (χ0n) is 10.4. The first-order chi connectivity index (χ1) is 7.94. The van der Waals surface area contributed by atoms with Crippen molar-refractivity contribution < 1.29 is 4.79 Å². The van der Waals surface area contributed by atoms with E-state index in [1.807, 2.05) is 20.8 Å². The minimum absolute atomic E-state index is 0.0272. The third kappa shape index (κ3) is 3.96. The highest BCUT2D eigenvalue weighted by atomic mass is 32.1. The zero-order chi connectivity index (χ0) is 12.5. The third-order valence-corrected chi connectivity index (χ3v) is 2.99. The van der Waals surface area contributed by atoms with Crippen molar-refractivity contribution in [2.24, 2.45) is 0 Å². The number of nitrogens with zero attached hydrogens (tertiary/aromatic N) is 2. The quantitative estimate of drug-likeness (QED) is 0.859. The normalized spacial score (nSPS) is 15.7. The van der Waals surface area contributed by atoms with Crippen LogP contribution >= 0.6 is 11.5 Å². The summed E-state index contributed by atoms with van der Waals surface area (Å²) in [4.78, 5) is 15.9. The fourth-order valence-electron chi connectivity index (χ4n) is 1.43. The van der Waals surface area contributed by atoms with Gasteiger partial charge in [0.2, 0.25) is 11.0 Å². The maximum Gasteiger partial charge on any atom is 0.239 e. The molecule has 1 aromatic rings. The number of carbonyl (C=O) groups excluding carboxylic acids is 1. The van der Waals surface area contributed by atoms with E-state index in [1.165, 1.54) is 24.4 Å². The van der Waals surface area contributed by atoms with E-state index < -0.39 is 0 Å². The summed E-state index contributed by atoms with van der Waals surface area (Å²) < 4.78 is 4.27. The molecule has 1 aromatic heterocycles. The second kappa shape index (κ2) is 4.60. The molecule has 6 heteroatoms. The lowest BCUT2D eigenvalue weighted by atomic mass is 10.1. The molecule has 0 aromatic carbocycles. The fourth-order valence-corrected chi connectivity index (χ4v) is 2.07. The largest absolute Gasteiger partial charge is 0.351 e. The lowest BCUT2D eigenvalue weighted by molar-refractivity contribution is -0.120. The average Bonchev–Trinajstić information content (AvgIpc) is 2.93. The Balaban J connectivity index is 1.78. The van der Waals surface area contributed by atoms with Crippen LogP contribution < -0.4 is 10.6 Å². The van der Waals surface area contributed by atoms with Gasteiger partial charge < -0.3 is 10.6 Å². The van der Waals surface area contributed by atoms with E-state index in [1.54, 1.807) is 0 Å². The van der Waals surface area contributed by atoms with Crippen LogP contribution in [0.1, 0.15) is 45.4 Å². The molecule has 2 rings (SSSR count). The van der Waals surface area contributed by atoms with Crippen LogP contribution in [0, 0.1) is 0 Å². The highest BCUT2D eigenvalue weighted by molar-refractivity contribution is 7.09. The molecule has 1 aliphatic rings. The van der Waals surface area contributed by atoms with Crippen LogP contribution in [0.3, 0.4) is 0 Å². The molecule has 94 valence electrons. The SMILES string of the molecule is CC(C)(C)NC(=O)CNc1nc(C2CC2)ns1. The number of aromatic nitrogens is 2. The highest BCUT2D eigenvalue weighted by Crippen LogP contribution is 2.39. The second-order valence-corrected chi connectivity index (χ2v) is 6.14. The number of anilines is 1.